The van der Waals surface area contributed by atoms with Gasteiger partial charge in [-0.2, -0.15) is 0 Å². The molecule has 0 atom stereocenters. The van der Waals surface area contributed by atoms with Crippen LogP contribution < -0.4 is 0 Å². The van der Waals surface area contributed by atoms with Crippen LogP contribution in [0, 0.1) is 0 Å². The highest BCUT2D eigenvalue weighted by atomic mass is 79.9. The SMILES string of the molecule is Cl[SiH](Cl)C1(CBr)CCCCC1. The summed E-state index contributed by atoms with van der Waals surface area (Å²) in [6, 6.07) is 0. The fraction of sp³-hybridized carbons (Fsp3) is 1.00. The number of rotatable bonds is 2. The van der Waals surface area contributed by atoms with Crippen molar-refractivity contribution in [3.63, 3.8) is 0 Å². The van der Waals surface area contributed by atoms with Crippen molar-refractivity contribution in [2.24, 2.45) is 0 Å². The molecule has 0 bridgehead atoms. The summed E-state index contributed by atoms with van der Waals surface area (Å²) in [5.41, 5.74) is 0. The van der Waals surface area contributed by atoms with Gasteiger partial charge in [-0.3, -0.25) is 0 Å². The maximum Gasteiger partial charge on any atom is 0.243 e. The van der Waals surface area contributed by atoms with Crippen LogP contribution in [-0.2, 0) is 0 Å². The Morgan fingerprint density at radius 1 is 1.18 bits per heavy atom. The third-order valence-corrected chi connectivity index (χ3v) is 8.78. The third kappa shape index (κ3) is 2.36. The van der Waals surface area contributed by atoms with E-state index in [4.69, 9.17) is 22.2 Å². The molecule has 66 valence electrons. The molecule has 0 N–H and O–H groups in total. The third-order valence-electron chi connectivity index (χ3n) is 2.58. The highest BCUT2D eigenvalue weighted by molar-refractivity contribution is 9.09. The quantitative estimate of drug-likeness (QED) is 0.409. The van der Waals surface area contributed by atoms with E-state index in [1.54, 1.807) is 0 Å². The van der Waals surface area contributed by atoms with Gasteiger partial charge in [-0.25, -0.2) is 0 Å². The summed E-state index contributed by atoms with van der Waals surface area (Å²) in [5, 5.41) is 1.31. The van der Waals surface area contributed by atoms with Crippen LogP contribution in [0.15, 0.2) is 0 Å². The zero-order valence-electron chi connectivity index (χ0n) is 6.45. The molecular formula is C7H13BrCl2Si. The van der Waals surface area contributed by atoms with E-state index in [1.165, 1.54) is 32.1 Å². The van der Waals surface area contributed by atoms with Gasteiger partial charge in [0.25, 0.3) is 0 Å². The van der Waals surface area contributed by atoms with E-state index in [0.29, 0.717) is 5.04 Å². The summed E-state index contributed by atoms with van der Waals surface area (Å²) >= 11 is 15.7. The van der Waals surface area contributed by atoms with Gasteiger partial charge in [0.2, 0.25) is 7.42 Å². The molecule has 0 amide bonds. The number of alkyl halides is 1. The first-order chi connectivity index (χ1) is 5.21. The van der Waals surface area contributed by atoms with Crippen LogP contribution in [0.1, 0.15) is 32.1 Å². The maximum atomic E-state index is 6.09. The Hall–Kier alpha value is 1.28. The second-order valence-corrected chi connectivity index (χ2v) is 9.03. The van der Waals surface area contributed by atoms with Crippen LogP contribution in [0.3, 0.4) is 0 Å². The van der Waals surface area contributed by atoms with Crippen LogP contribution in [0.25, 0.3) is 0 Å². The molecule has 1 aliphatic rings. The standard InChI is InChI=1S/C7H13BrCl2Si/c8-6-7(11(9)10)4-2-1-3-5-7/h11H,1-6H2. The Balaban J connectivity index is 2.57. The molecule has 0 aromatic rings. The Bertz CT molecular complexity index is 124. The lowest BCUT2D eigenvalue weighted by atomic mass is 9.90. The molecule has 1 saturated carbocycles. The summed E-state index contributed by atoms with van der Waals surface area (Å²) < 4.78 is 0. The van der Waals surface area contributed by atoms with Crippen LogP contribution >= 0.6 is 38.1 Å². The second-order valence-electron chi connectivity index (χ2n) is 3.36. The van der Waals surface area contributed by atoms with Crippen LogP contribution in [0.5, 0.6) is 0 Å². The molecule has 0 aromatic carbocycles. The predicted molar refractivity (Wildman–Crippen MR) is 58.4 cm³/mol. The van der Waals surface area contributed by atoms with Gasteiger partial charge in [0.05, 0.1) is 0 Å². The molecule has 0 spiro atoms. The minimum absolute atomic E-state index is 0.307. The van der Waals surface area contributed by atoms with E-state index in [-0.39, 0.29) is 0 Å². The topological polar surface area (TPSA) is 0 Å². The molecule has 1 fully saturated rings. The van der Waals surface area contributed by atoms with E-state index < -0.39 is 7.42 Å². The second kappa shape index (κ2) is 4.50. The molecular weight excluding hydrogens is 263 g/mol. The van der Waals surface area contributed by atoms with Crippen molar-refractivity contribution in [3.8, 4) is 0 Å². The lowest BCUT2D eigenvalue weighted by molar-refractivity contribution is 0.408. The lowest BCUT2D eigenvalue weighted by Crippen LogP contribution is -2.28. The first kappa shape index (κ1) is 10.4. The van der Waals surface area contributed by atoms with Gasteiger partial charge < -0.3 is 0 Å². The molecule has 4 heteroatoms. The van der Waals surface area contributed by atoms with Crippen molar-refractivity contribution in [2.75, 3.05) is 5.33 Å². The van der Waals surface area contributed by atoms with E-state index in [1.807, 2.05) is 0 Å². The van der Waals surface area contributed by atoms with E-state index in [9.17, 15) is 0 Å². The summed E-state index contributed by atoms with van der Waals surface area (Å²) in [4.78, 5) is 0. The normalized spacial score (nSPS) is 24.0. The van der Waals surface area contributed by atoms with Crippen molar-refractivity contribution in [1.29, 1.82) is 0 Å². The highest BCUT2D eigenvalue weighted by Crippen LogP contribution is 2.48. The van der Waals surface area contributed by atoms with Gasteiger partial charge in [0.1, 0.15) is 0 Å². The van der Waals surface area contributed by atoms with E-state index in [2.05, 4.69) is 15.9 Å². The molecule has 1 rings (SSSR count). The van der Waals surface area contributed by atoms with E-state index in [0.717, 1.165) is 5.33 Å². The Kier molecular flexibility index (Phi) is 4.23. The van der Waals surface area contributed by atoms with Crippen molar-refractivity contribution in [3.05, 3.63) is 0 Å². The monoisotopic (exact) mass is 274 g/mol. The average Bonchev–Trinajstić information content (AvgIpc) is 2.05. The Labute approximate surface area is 87.8 Å². The molecule has 1 aliphatic carbocycles. The van der Waals surface area contributed by atoms with Gasteiger partial charge in [-0.1, -0.05) is 35.2 Å². The zero-order chi connectivity index (χ0) is 8.32. The van der Waals surface area contributed by atoms with E-state index >= 15 is 0 Å². The van der Waals surface area contributed by atoms with Gasteiger partial charge in [-0.05, 0) is 17.9 Å². The van der Waals surface area contributed by atoms with Gasteiger partial charge in [0, 0.05) is 5.33 Å². The lowest BCUT2D eigenvalue weighted by Gasteiger charge is -2.35. The highest BCUT2D eigenvalue weighted by Gasteiger charge is 2.38. The summed E-state index contributed by atoms with van der Waals surface area (Å²) in [5.74, 6) is 0. The molecule has 0 aliphatic heterocycles. The van der Waals surface area contributed by atoms with Crippen LogP contribution in [0.4, 0.5) is 0 Å². The summed E-state index contributed by atoms with van der Waals surface area (Å²) in [6.07, 6.45) is 6.47. The number of hydrogen-bond acceptors (Lipinski definition) is 0. The smallest absolute Gasteiger partial charge is 0.150 e. The van der Waals surface area contributed by atoms with Crippen LogP contribution in [0.2, 0.25) is 5.04 Å². The maximum absolute atomic E-state index is 6.09. The molecule has 0 radical (unpaired) electrons. The first-order valence-electron chi connectivity index (χ1n) is 4.05. The molecule has 0 aromatic heterocycles. The minimum Gasteiger partial charge on any atom is -0.150 e. The van der Waals surface area contributed by atoms with Crippen molar-refractivity contribution in [1.82, 2.24) is 0 Å². The molecule has 11 heavy (non-hydrogen) atoms. The van der Waals surface area contributed by atoms with Crippen molar-refractivity contribution in [2.45, 2.75) is 37.1 Å². The average molecular weight is 276 g/mol. The van der Waals surface area contributed by atoms with Gasteiger partial charge >= 0.3 is 0 Å². The Morgan fingerprint density at radius 3 is 2.00 bits per heavy atom. The minimum atomic E-state index is -1.49. The van der Waals surface area contributed by atoms with Gasteiger partial charge in [0.15, 0.2) is 0 Å². The van der Waals surface area contributed by atoms with Gasteiger partial charge in [-0.15, -0.1) is 22.2 Å². The fourth-order valence-electron chi connectivity index (χ4n) is 1.67. The summed E-state index contributed by atoms with van der Waals surface area (Å²) in [7, 11) is -1.49. The largest absolute Gasteiger partial charge is 0.243 e. The molecule has 0 nitrogen and oxygen atoms in total. The zero-order valence-corrected chi connectivity index (χ0v) is 10.7. The van der Waals surface area contributed by atoms with Crippen molar-refractivity contribution >= 4 is 45.5 Å². The van der Waals surface area contributed by atoms with Crippen LogP contribution in [-0.4, -0.2) is 12.7 Å². The fourth-order valence-corrected chi connectivity index (χ4v) is 7.05. The number of hydrogen-bond donors (Lipinski definition) is 0. The molecule has 0 heterocycles. The first-order valence-corrected chi connectivity index (χ1v) is 9.24. The van der Waals surface area contributed by atoms with Crippen molar-refractivity contribution < 1.29 is 0 Å². The molecule has 0 saturated heterocycles. The molecule has 0 unspecified atom stereocenters. The Morgan fingerprint density at radius 2 is 1.73 bits per heavy atom. The summed E-state index contributed by atoms with van der Waals surface area (Å²) in [6.45, 7) is 0. The predicted octanol–water partition coefficient (Wildman–Crippen LogP) is 3.78. The number of halogens is 3.